The van der Waals surface area contributed by atoms with Crippen molar-refractivity contribution in [1.29, 1.82) is 0 Å². The Morgan fingerprint density at radius 2 is 1.65 bits per heavy atom. The lowest BCUT2D eigenvalue weighted by Crippen LogP contribution is -2.46. The summed E-state index contributed by atoms with van der Waals surface area (Å²) in [6.07, 6.45) is -6.68. The lowest BCUT2D eigenvalue weighted by atomic mass is 9.87. The van der Waals surface area contributed by atoms with Crippen LogP contribution in [0.4, 0.5) is 17.5 Å². The van der Waals surface area contributed by atoms with E-state index in [-0.39, 0.29) is 77.9 Å². The van der Waals surface area contributed by atoms with Gasteiger partial charge < -0.3 is 72.4 Å². The number of hydrogen-bond donors (Lipinski definition) is 14. The lowest BCUT2D eigenvalue weighted by Gasteiger charge is -2.30. The van der Waals surface area contributed by atoms with Crippen LogP contribution in [0.2, 0.25) is 0 Å². The Morgan fingerprint density at radius 3 is 2.34 bits per heavy atom. The van der Waals surface area contributed by atoms with E-state index < -0.39 is 120 Å². The monoisotopic (exact) mass is 1190 g/mol. The number of carbonyl (C=O) groups excluding carboxylic acids is 4. The number of phosphoric ester groups is 3. The number of aromatic amines is 1. The van der Waals surface area contributed by atoms with Crippen LogP contribution in [0.3, 0.4) is 0 Å². The van der Waals surface area contributed by atoms with Crippen molar-refractivity contribution in [2.24, 2.45) is 5.41 Å². The van der Waals surface area contributed by atoms with Gasteiger partial charge in [0.15, 0.2) is 28.9 Å². The summed E-state index contributed by atoms with van der Waals surface area (Å²) < 4.78 is 62.5. The van der Waals surface area contributed by atoms with Gasteiger partial charge in [-0.2, -0.15) is 9.29 Å². The van der Waals surface area contributed by atoms with E-state index in [1.807, 2.05) is 0 Å². The number of anilines is 3. The number of fused-ring (bicyclic) bond motifs is 2. The topological polar surface area (TPSA) is 540 Å². The number of aliphatic hydroxyl groups is 2. The molecule has 4 aromatic heterocycles. The second-order valence-electron chi connectivity index (χ2n) is 17.6. The van der Waals surface area contributed by atoms with E-state index >= 15 is 0 Å². The Morgan fingerprint density at radius 1 is 0.937 bits per heavy atom. The Kier molecular flexibility index (Phi) is 20.5. The number of carbonyl (C=O) groups is 5. The second kappa shape index (κ2) is 26.2. The molecule has 1 saturated heterocycles. The summed E-state index contributed by atoms with van der Waals surface area (Å²) in [4.78, 5) is 141. The van der Waals surface area contributed by atoms with Crippen LogP contribution in [0.15, 0.2) is 47.9 Å². The van der Waals surface area contributed by atoms with Crippen LogP contribution in [0, 0.1) is 5.41 Å². The second-order valence-corrected chi connectivity index (χ2v) is 22.9. The van der Waals surface area contributed by atoms with Gasteiger partial charge in [0, 0.05) is 48.3 Å². The van der Waals surface area contributed by atoms with E-state index in [0.717, 1.165) is 17.2 Å². The number of carboxylic acids is 1. The fraction of sp³-hybridized carbons (Fsp3) is 0.450. The van der Waals surface area contributed by atoms with Crippen LogP contribution in [0.1, 0.15) is 55.4 Å². The Labute approximate surface area is 448 Å². The molecule has 1 aliphatic heterocycles. The predicted octanol–water partition coefficient (Wildman–Crippen LogP) is -1.45. The van der Waals surface area contributed by atoms with Crippen molar-refractivity contribution in [3.05, 3.63) is 64.7 Å². The number of phosphoric acid groups is 3. The minimum atomic E-state index is -5.65. The molecule has 7 unspecified atom stereocenters. The molecule has 5 aromatic rings. The van der Waals surface area contributed by atoms with Crippen LogP contribution in [-0.4, -0.2) is 166 Å². The number of benzene rings is 1. The number of thioether (sulfide) groups is 1. The van der Waals surface area contributed by atoms with Crippen LogP contribution in [0.25, 0.3) is 22.3 Å². The van der Waals surface area contributed by atoms with Crippen LogP contribution in [0.5, 0.6) is 0 Å². The molecule has 1 aromatic carbocycles. The number of carboxylic acid groups (broad SMARTS) is 1. The first kappa shape index (κ1) is 61.7. The maximum absolute atomic E-state index is 13.1. The number of aliphatic hydroxyl groups excluding tert-OH is 2. The fourth-order valence-electron chi connectivity index (χ4n) is 7.13. The molecule has 39 heteroatoms. The van der Waals surface area contributed by atoms with Gasteiger partial charge in [-0.3, -0.25) is 51.9 Å². The Hall–Kier alpha value is -6.46. The van der Waals surface area contributed by atoms with Gasteiger partial charge in [-0.15, -0.1) is 0 Å². The predicted molar refractivity (Wildman–Crippen MR) is 271 cm³/mol. The summed E-state index contributed by atoms with van der Waals surface area (Å²) in [6.45, 7) is -0.0128. The number of nitrogens with zero attached hydrogens (tertiary/aromatic N) is 7. The molecule has 0 radical (unpaired) electrons. The number of H-pyrrole nitrogens is 1. The average molecular weight is 1190 g/mol. The first-order chi connectivity index (χ1) is 37.0. The molecule has 79 heavy (non-hydrogen) atoms. The first-order valence-electron chi connectivity index (χ1n) is 22.9. The lowest BCUT2D eigenvalue weighted by molar-refractivity contribution is -0.138. The van der Waals surface area contributed by atoms with Crippen LogP contribution < -0.4 is 38.3 Å². The van der Waals surface area contributed by atoms with Crippen molar-refractivity contribution in [2.45, 2.75) is 76.3 Å². The molecule has 0 aliphatic carbocycles. The zero-order valence-corrected chi connectivity index (χ0v) is 44.8. The van der Waals surface area contributed by atoms with Gasteiger partial charge in [-0.05, 0) is 30.7 Å². The molecule has 0 spiro atoms. The van der Waals surface area contributed by atoms with E-state index in [0.29, 0.717) is 23.1 Å². The summed E-state index contributed by atoms with van der Waals surface area (Å²) in [5.74, 6) is -3.75. The van der Waals surface area contributed by atoms with Gasteiger partial charge in [0.2, 0.25) is 22.9 Å². The number of rotatable bonds is 28. The quantitative estimate of drug-likeness (QED) is 0.0201. The molecular formula is C40H53N14O21P3S. The third kappa shape index (κ3) is 17.5. The highest BCUT2D eigenvalue weighted by atomic mass is 32.2. The Balaban J connectivity index is 0.894. The minimum Gasteiger partial charge on any atom is -0.481 e. The third-order valence-corrected chi connectivity index (χ3v) is 15.2. The average Bonchev–Trinajstić information content (AvgIpc) is 3.95. The highest BCUT2D eigenvalue weighted by Gasteiger charge is 2.50. The van der Waals surface area contributed by atoms with Gasteiger partial charge in [-0.25, -0.2) is 38.6 Å². The summed E-state index contributed by atoms with van der Waals surface area (Å²) in [6, 6.07) is 4.83. The number of ether oxygens (including phenoxy) is 1. The smallest absolute Gasteiger partial charge is 0.481 e. The Bertz CT molecular complexity index is 3260. The van der Waals surface area contributed by atoms with E-state index in [2.05, 4.69) is 65.0 Å². The molecule has 5 heterocycles. The maximum Gasteiger partial charge on any atom is 0.481 e. The van der Waals surface area contributed by atoms with Crippen molar-refractivity contribution in [2.75, 3.05) is 48.8 Å². The molecule has 35 nitrogen and oxygen atoms in total. The molecule has 0 bridgehead atoms. The number of aromatic nitrogens is 8. The zero-order chi connectivity index (χ0) is 58.0. The number of imidazole rings is 1. The van der Waals surface area contributed by atoms with Crippen LogP contribution in [-0.2, 0) is 62.0 Å². The van der Waals surface area contributed by atoms with Crippen molar-refractivity contribution >= 4 is 104 Å². The van der Waals surface area contributed by atoms with Gasteiger partial charge in [0.05, 0.1) is 44.0 Å². The summed E-state index contributed by atoms with van der Waals surface area (Å²) in [5.41, 5.74) is 10.3. The third-order valence-electron chi connectivity index (χ3n) is 11.1. The summed E-state index contributed by atoms with van der Waals surface area (Å²) >= 11 is 0.716. The molecule has 6 rings (SSSR count). The molecular weight excluding hydrogens is 1140 g/mol. The standard InChI is InChI=1S/C40H53N14O21P3S/c1-40(2,16-72-78(69,70)75-77(67,68)71-15-23-29(74-76(64,65)66)28(58)37(73-23)54-18-49-26-31(41)47-17-48-33(26)54)30(59)36(62)44-10-9-24(55)43-11-12-79-38(63)22(7-8-25(56)57)51-34(60)19-3-5-20(6-4-19)45-13-21-14-46-32-27(50-21)35(61)53-39(42)52-32/h3-6,14,17-18,22-23,28-30,37,45,58-59H,7-13,15-16H2,1-2H3,(H,43,55)(H,44,62)(H,51,60)(H,56,57)(H,67,68)(H,69,70)(H2,41,47,48)(H2,64,65,66)(H3,42,46,52,53,61)/t22-,23?,28?,29?,30?,37?/m0/s1. The number of hydrogen-bond acceptors (Lipinski definition) is 26. The van der Waals surface area contributed by atoms with Crippen molar-refractivity contribution in [1.82, 2.24) is 55.4 Å². The largest absolute Gasteiger partial charge is 0.481 e. The fourth-order valence-corrected chi connectivity index (χ4v) is 10.7. The number of amides is 3. The molecule has 8 atom stereocenters. The van der Waals surface area contributed by atoms with Gasteiger partial charge in [0.25, 0.3) is 11.5 Å². The van der Waals surface area contributed by atoms with E-state index in [1.165, 1.54) is 32.2 Å². The first-order valence-corrected chi connectivity index (χ1v) is 28.5. The zero-order valence-electron chi connectivity index (χ0n) is 41.3. The van der Waals surface area contributed by atoms with Gasteiger partial charge >= 0.3 is 29.4 Å². The van der Waals surface area contributed by atoms with Gasteiger partial charge in [-0.1, -0.05) is 25.6 Å². The van der Waals surface area contributed by atoms with E-state index in [9.17, 15) is 77.4 Å². The number of nitrogens with one attached hydrogen (secondary N) is 5. The molecule has 1 fully saturated rings. The van der Waals surface area contributed by atoms with Crippen LogP contribution >= 0.6 is 35.2 Å². The van der Waals surface area contributed by atoms with Crippen molar-refractivity contribution < 1.29 is 95.2 Å². The highest BCUT2D eigenvalue weighted by Crippen LogP contribution is 2.61. The normalized spacial score (nSPS) is 19.0. The number of nitrogen functional groups attached to an aromatic ring is 2. The van der Waals surface area contributed by atoms with Crippen molar-refractivity contribution in [3.8, 4) is 0 Å². The number of nitrogens with two attached hydrogens (primary N) is 2. The SMILES string of the molecule is CC(C)(COP(=O)(O)OP(=O)(O)OCC1OC(n2cnc3c(N)ncnc32)C(O)C1OP(=O)(O)O)C(O)C(=O)NCCC(=O)NCCSC(=O)[C@H](CCC(=O)O)NC(=O)c1ccc(NCc2cnc3nc(N)[nH]c(=O)c3n2)cc1. The summed E-state index contributed by atoms with van der Waals surface area (Å²) in [7, 11) is -16.6. The molecule has 16 N–H and O–H groups in total. The maximum atomic E-state index is 13.1. The highest BCUT2D eigenvalue weighted by molar-refractivity contribution is 8.13. The number of aliphatic carboxylic acids is 1. The molecule has 3 amide bonds. The molecule has 430 valence electrons. The van der Waals surface area contributed by atoms with Gasteiger partial charge in [0.1, 0.15) is 36.3 Å². The molecule has 0 saturated carbocycles. The summed E-state index contributed by atoms with van der Waals surface area (Å²) in [5, 5.41) is 40.8. The molecule has 1 aliphatic rings. The minimum absolute atomic E-state index is 0.00176. The van der Waals surface area contributed by atoms with Crippen molar-refractivity contribution in [3.63, 3.8) is 0 Å². The van der Waals surface area contributed by atoms with E-state index in [4.69, 9.17) is 25.3 Å². The van der Waals surface area contributed by atoms with E-state index in [1.54, 1.807) is 12.1 Å².